The molecule has 1 aliphatic carbocycles. The fourth-order valence-electron chi connectivity index (χ4n) is 3.79. The van der Waals surface area contributed by atoms with Crippen LogP contribution in [0.25, 0.3) is 0 Å². The molecule has 0 aromatic carbocycles. The van der Waals surface area contributed by atoms with Gasteiger partial charge in [0.25, 0.3) is 0 Å². The summed E-state index contributed by atoms with van der Waals surface area (Å²) in [7, 11) is 0. The van der Waals surface area contributed by atoms with E-state index in [0.29, 0.717) is 11.6 Å². The SMILES string of the molecule is CCCNC(COCCC)C1(N(CC)CC)CCCC1. The summed E-state index contributed by atoms with van der Waals surface area (Å²) in [6.45, 7) is 14.2. The zero-order chi connectivity index (χ0) is 14.8. The Hall–Kier alpha value is -0.120. The van der Waals surface area contributed by atoms with E-state index in [0.717, 1.165) is 39.3 Å². The first-order valence-corrected chi connectivity index (χ1v) is 8.81. The van der Waals surface area contributed by atoms with Gasteiger partial charge in [-0.05, 0) is 45.3 Å². The third-order valence-corrected chi connectivity index (χ3v) is 4.78. The number of ether oxygens (including phenoxy) is 1. The number of nitrogens with one attached hydrogen (secondary N) is 1. The van der Waals surface area contributed by atoms with Crippen LogP contribution in [0.3, 0.4) is 0 Å². The average Bonchev–Trinajstić information content (AvgIpc) is 2.94. The molecule has 1 unspecified atom stereocenters. The molecule has 20 heavy (non-hydrogen) atoms. The van der Waals surface area contributed by atoms with Gasteiger partial charge in [-0.25, -0.2) is 0 Å². The minimum atomic E-state index is 0.326. The second kappa shape index (κ2) is 9.75. The third-order valence-electron chi connectivity index (χ3n) is 4.78. The zero-order valence-electron chi connectivity index (χ0n) is 14.2. The van der Waals surface area contributed by atoms with Crippen molar-refractivity contribution in [3.63, 3.8) is 0 Å². The standard InChI is InChI=1S/C17H36N2O/c1-5-13-18-16(15-20-14-6-2)17(11-9-10-12-17)19(7-3)8-4/h16,18H,5-15H2,1-4H3. The van der Waals surface area contributed by atoms with E-state index in [2.05, 4.69) is 37.9 Å². The number of rotatable bonds is 11. The van der Waals surface area contributed by atoms with Gasteiger partial charge in [0.1, 0.15) is 0 Å². The van der Waals surface area contributed by atoms with Crippen molar-refractivity contribution < 1.29 is 4.74 Å². The molecule has 1 atom stereocenters. The number of hydrogen-bond acceptors (Lipinski definition) is 3. The lowest BCUT2D eigenvalue weighted by atomic mass is 9.86. The smallest absolute Gasteiger partial charge is 0.0637 e. The van der Waals surface area contributed by atoms with Crippen LogP contribution in [-0.2, 0) is 4.74 Å². The molecule has 1 rings (SSSR count). The van der Waals surface area contributed by atoms with Gasteiger partial charge in [-0.2, -0.15) is 0 Å². The first-order valence-electron chi connectivity index (χ1n) is 8.81. The van der Waals surface area contributed by atoms with Gasteiger partial charge in [-0.3, -0.25) is 4.90 Å². The lowest BCUT2D eigenvalue weighted by Crippen LogP contribution is -2.61. The van der Waals surface area contributed by atoms with Crippen molar-refractivity contribution in [3.05, 3.63) is 0 Å². The molecule has 0 bridgehead atoms. The maximum Gasteiger partial charge on any atom is 0.0637 e. The van der Waals surface area contributed by atoms with Gasteiger partial charge in [-0.1, -0.05) is 40.5 Å². The Kier molecular flexibility index (Phi) is 8.74. The van der Waals surface area contributed by atoms with Crippen molar-refractivity contribution in [3.8, 4) is 0 Å². The molecule has 0 aromatic heterocycles. The highest BCUT2D eigenvalue weighted by Gasteiger charge is 2.44. The summed E-state index contributed by atoms with van der Waals surface area (Å²) in [5.74, 6) is 0. The molecule has 0 heterocycles. The van der Waals surface area contributed by atoms with Gasteiger partial charge in [-0.15, -0.1) is 0 Å². The van der Waals surface area contributed by atoms with E-state index >= 15 is 0 Å². The van der Waals surface area contributed by atoms with Crippen LogP contribution in [0.5, 0.6) is 0 Å². The molecule has 0 radical (unpaired) electrons. The highest BCUT2D eigenvalue weighted by molar-refractivity contribution is 5.03. The molecular formula is C17H36N2O. The van der Waals surface area contributed by atoms with E-state index in [1.807, 2.05) is 0 Å². The molecule has 3 heteroatoms. The Morgan fingerprint density at radius 1 is 1.05 bits per heavy atom. The molecule has 1 aliphatic rings. The van der Waals surface area contributed by atoms with Gasteiger partial charge in [0.2, 0.25) is 0 Å². The second-order valence-electron chi connectivity index (χ2n) is 6.06. The van der Waals surface area contributed by atoms with Gasteiger partial charge < -0.3 is 10.1 Å². The van der Waals surface area contributed by atoms with Gasteiger partial charge in [0.05, 0.1) is 6.61 Å². The van der Waals surface area contributed by atoms with Crippen molar-refractivity contribution >= 4 is 0 Å². The van der Waals surface area contributed by atoms with Crippen LogP contribution >= 0.6 is 0 Å². The van der Waals surface area contributed by atoms with E-state index in [1.54, 1.807) is 0 Å². The highest BCUT2D eigenvalue weighted by Crippen LogP contribution is 2.38. The molecule has 0 amide bonds. The Morgan fingerprint density at radius 3 is 2.20 bits per heavy atom. The Morgan fingerprint density at radius 2 is 1.70 bits per heavy atom. The molecule has 120 valence electrons. The summed E-state index contributed by atoms with van der Waals surface area (Å²) in [5, 5.41) is 3.79. The van der Waals surface area contributed by atoms with Crippen molar-refractivity contribution in [2.45, 2.75) is 77.8 Å². The summed E-state index contributed by atoms with van der Waals surface area (Å²) in [6, 6.07) is 0.483. The van der Waals surface area contributed by atoms with Crippen LogP contribution in [0, 0.1) is 0 Å². The Bertz CT molecular complexity index is 235. The zero-order valence-corrected chi connectivity index (χ0v) is 14.2. The van der Waals surface area contributed by atoms with E-state index in [1.165, 1.54) is 32.1 Å². The monoisotopic (exact) mass is 284 g/mol. The quantitative estimate of drug-likeness (QED) is 0.588. The number of hydrogen-bond donors (Lipinski definition) is 1. The lowest BCUT2D eigenvalue weighted by Gasteiger charge is -2.46. The molecular weight excluding hydrogens is 248 g/mol. The van der Waals surface area contributed by atoms with Crippen LogP contribution in [-0.4, -0.2) is 49.3 Å². The summed E-state index contributed by atoms with van der Waals surface area (Å²) >= 11 is 0. The first kappa shape index (κ1) is 17.9. The molecule has 1 fully saturated rings. The van der Waals surface area contributed by atoms with Crippen molar-refractivity contribution in [2.24, 2.45) is 0 Å². The summed E-state index contributed by atoms with van der Waals surface area (Å²) in [4.78, 5) is 2.68. The Balaban J connectivity index is 2.79. The summed E-state index contributed by atoms with van der Waals surface area (Å²) < 4.78 is 5.93. The molecule has 0 aliphatic heterocycles. The van der Waals surface area contributed by atoms with Crippen LogP contribution in [0.1, 0.15) is 66.2 Å². The minimum Gasteiger partial charge on any atom is -0.380 e. The van der Waals surface area contributed by atoms with Crippen molar-refractivity contribution in [2.75, 3.05) is 32.8 Å². The summed E-state index contributed by atoms with van der Waals surface area (Å²) in [5.41, 5.74) is 0.326. The van der Waals surface area contributed by atoms with Gasteiger partial charge >= 0.3 is 0 Å². The van der Waals surface area contributed by atoms with Crippen LogP contribution in [0.4, 0.5) is 0 Å². The number of likely N-dealkylation sites (N-methyl/N-ethyl adjacent to an activating group) is 1. The fraction of sp³-hybridized carbons (Fsp3) is 1.00. The third kappa shape index (κ3) is 4.44. The largest absolute Gasteiger partial charge is 0.380 e. The van der Waals surface area contributed by atoms with Crippen LogP contribution < -0.4 is 5.32 Å². The van der Waals surface area contributed by atoms with Crippen LogP contribution in [0.2, 0.25) is 0 Å². The second-order valence-corrected chi connectivity index (χ2v) is 6.06. The average molecular weight is 284 g/mol. The van der Waals surface area contributed by atoms with Crippen molar-refractivity contribution in [1.29, 1.82) is 0 Å². The summed E-state index contributed by atoms with van der Waals surface area (Å²) in [6.07, 6.45) is 7.69. The molecule has 1 saturated carbocycles. The maximum atomic E-state index is 5.93. The molecule has 0 saturated heterocycles. The van der Waals surface area contributed by atoms with E-state index < -0.39 is 0 Å². The predicted octanol–water partition coefficient (Wildman–Crippen LogP) is 3.44. The normalized spacial score (nSPS) is 19.6. The molecule has 0 spiro atoms. The van der Waals surface area contributed by atoms with E-state index in [9.17, 15) is 0 Å². The van der Waals surface area contributed by atoms with Crippen molar-refractivity contribution in [1.82, 2.24) is 10.2 Å². The first-order chi connectivity index (χ1) is 9.75. The number of nitrogens with zero attached hydrogens (tertiary/aromatic N) is 1. The highest BCUT2D eigenvalue weighted by atomic mass is 16.5. The minimum absolute atomic E-state index is 0.326. The molecule has 3 nitrogen and oxygen atoms in total. The Labute approximate surface area is 126 Å². The lowest BCUT2D eigenvalue weighted by molar-refractivity contribution is 0.0128. The predicted molar refractivity (Wildman–Crippen MR) is 87.3 cm³/mol. The van der Waals surface area contributed by atoms with Gasteiger partial charge in [0, 0.05) is 18.2 Å². The van der Waals surface area contributed by atoms with E-state index in [-0.39, 0.29) is 0 Å². The maximum absolute atomic E-state index is 5.93. The van der Waals surface area contributed by atoms with Gasteiger partial charge in [0.15, 0.2) is 0 Å². The molecule has 0 aromatic rings. The van der Waals surface area contributed by atoms with E-state index in [4.69, 9.17) is 4.74 Å². The fourth-order valence-corrected chi connectivity index (χ4v) is 3.79. The van der Waals surface area contributed by atoms with Crippen LogP contribution in [0.15, 0.2) is 0 Å². The molecule has 1 N–H and O–H groups in total. The topological polar surface area (TPSA) is 24.5 Å².